The molecule has 1 fully saturated rings. The third-order valence-electron chi connectivity index (χ3n) is 3.62. The summed E-state index contributed by atoms with van der Waals surface area (Å²) in [5, 5.41) is 9.37. The summed E-state index contributed by atoms with van der Waals surface area (Å²) in [4.78, 5) is 0. The second-order valence-electron chi connectivity index (χ2n) is 4.76. The molecule has 0 amide bonds. The van der Waals surface area contributed by atoms with E-state index in [2.05, 4.69) is 0 Å². The predicted molar refractivity (Wildman–Crippen MR) is 58.6 cm³/mol. The molecule has 1 aliphatic rings. The minimum Gasteiger partial charge on any atom is -0.395 e. The van der Waals surface area contributed by atoms with Gasteiger partial charge in [0, 0.05) is 17.9 Å². The van der Waals surface area contributed by atoms with Crippen LogP contribution in [0, 0.1) is 0 Å². The zero-order chi connectivity index (χ0) is 11.8. The highest BCUT2D eigenvalue weighted by molar-refractivity contribution is 5.32. The molecule has 1 aromatic rings. The monoisotopic (exact) mass is 226 g/mol. The van der Waals surface area contributed by atoms with E-state index < -0.39 is 5.92 Å². The molecule has 1 nitrogen and oxygen atoms in total. The lowest BCUT2D eigenvalue weighted by Gasteiger charge is -2.41. The summed E-state index contributed by atoms with van der Waals surface area (Å²) in [5.41, 5.74) is 0.847. The SMILES string of the molecule is CC(F)(F)c1ccc(C2(CO)CCC2)cc1. The van der Waals surface area contributed by atoms with Crippen molar-refractivity contribution in [1.29, 1.82) is 0 Å². The first kappa shape index (κ1) is 11.5. The van der Waals surface area contributed by atoms with Gasteiger partial charge in [0.25, 0.3) is 5.92 Å². The number of hydrogen-bond donors (Lipinski definition) is 1. The fourth-order valence-electron chi connectivity index (χ4n) is 2.26. The normalized spacial score (nSPS) is 19.2. The van der Waals surface area contributed by atoms with Crippen LogP contribution >= 0.6 is 0 Å². The Labute approximate surface area is 94.1 Å². The van der Waals surface area contributed by atoms with Gasteiger partial charge in [0.1, 0.15) is 0 Å². The van der Waals surface area contributed by atoms with Gasteiger partial charge in [-0.15, -0.1) is 0 Å². The zero-order valence-electron chi connectivity index (χ0n) is 9.34. The first-order chi connectivity index (χ1) is 7.48. The van der Waals surface area contributed by atoms with E-state index in [0.717, 1.165) is 31.7 Å². The van der Waals surface area contributed by atoms with Crippen LogP contribution in [-0.2, 0) is 11.3 Å². The molecule has 0 aromatic heterocycles. The van der Waals surface area contributed by atoms with Crippen molar-refractivity contribution in [3.63, 3.8) is 0 Å². The molecule has 1 N–H and O–H groups in total. The molecule has 0 heterocycles. The summed E-state index contributed by atoms with van der Waals surface area (Å²) in [7, 11) is 0. The third-order valence-corrected chi connectivity index (χ3v) is 3.62. The Morgan fingerprint density at radius 2 is 1.81 bits per heavy atom. The Morgan fingerprint density at radius 1 is 1.25 bits per heavy atom. The molecule has 0 unspecified atom stereocenters. The van der Waals surface area contributed by atoms with E-state index >= 15 is 0 Å². The van der Waals surface area contributed by atoms with E-state index in [1.54, 1.807) is 12.1 Å². The van der Waals surface area contributed by atoms with Crippen LogP contribution in [0.1, 0.15) is 37.3 Å². The van der Waals surface area contributed by atoms with Crippen molar-refractivity contribution in [2.75, 3.05) is 6.61 Å². The van der Waals surface area contributed by atoms with Crippen molar-refractivity contribution < 1.29 is 13.9 Å². The maximum Gasteiger partial charge on any atom is 0.270 e. The van der Waals surface area contributed by atoms with E-state index in [1.807, 2.05) is 0 Å². The van der Waals surface area contributed by atoms with Crippen molar-refractivity contribution in [2.45, 2.75) is 37.5 Å². The third kappa shape index (κ3) is 1.84. The lowest BCUT2D eigenvalue weighted by Crippen LogP contribution is -2.37. The van der Waals surface area contributed by atoms with Crippen LogP contribution in [0.4, 0.5) is 8.78 Å². The smallest absolute Gasteiger partial charge is 0.270 e. The van der Waals surface area contributed by atoms with Gasteiger partial charge in [-0.3, -0.25) is 0 Å². The Balaban J connectivity index is 2.26. The van der Waals surface area contributed by atoms with Crippen LogP contribution < -0.4 is 0 Å². The fraction of sp³-hybridized carbons (Fsp3) is 0.538. The standard InChI is InChI=1S/C13H16F2O/c1-12(14,15)10-3-5-11(6-4-10)13(9-16)7-2-8-13/h3-6,16H,2,7-9H2,1H3. The molecule has 0 spiro atoms. The molecule has 2 rings (SSSR count). The molecule has 0 atom stereocenters. The number of aliphatic hydroxyl groups is 1. The minimum absolute atomic E-state index is 0.0312. The van der Waals surface area contributed by atoms with Crippen molar-refractivity contribution in [3.8, 4) is 0 Å². The van der Waals surface area contributed by atoms with Gasteiger partial charge >= 0.3 is 0 Å². The summed E-state index contributed by atoms with van der Waals surface area (Å²) in [6, 6.07) is 6.38. The van der Waals surface area contributed by atoms with E-state index in [4.69, 9.17) is 0 Å². The minimum atomic E-state index is -2.79. The highest BCUT2D eigenvalue weighted by atomic mass is 19.3. The van der Waals surface area contributed by atoms with Crippen molar-refractivity contribution in [1.82, 2.24) is 0 Å². The maximum absolute atomic E-state index is 13.0. The summed E-state index contributed by atoms with van der Waals surface area (Å²) >= 11 is 0. The largest absolute Gasteiger partial charge is 0.395 e. The number of benzene rings is 1. The number of hydrogen-bond acceptors (Lipinski definition) is 1. The summed E-state index contributed by atoms with van der Waals surface area (Å²) in [5.74, 6) is -2.79. The Hall–Kier alpha value is -0.960. The highest BCUT2D eigenvalue weighted by Gasteiger charge is 2.38. The molecule has 1 aromatic carbocycles. The van der Waals surface area contributed by atoms with Gasteiger partial charge in [-0.2, -0.15) is 0 Å². The van der Waals surface area contributed by atoms with E-state index in [1.165, 1.54) is 12.1 Å². The molecular formula is C13H16F2O. The van der Waals surface area contributed by atoms with Crippen LogP contribution in [-0.4, -0.2) is 11.7 Å². The summed E-state index contributed by atoms with van der Waals surface area (Å²) in [6.07, 6.45) is 3.00. The number of alkyl halides is 2. The molecule has 0 saturated heterocycles. The van der Waals surface area contributed by atoms with Crippen LogP contribution in [0.2, 0.25) is 0 Å². The van der Waals surface area contributed by atoms with Gasteiger partial charge in [-0.25, -0.2) is 8.78 Å². The lowest BCUT2D eigenvalue weighted by molar-refractivity contribution is 0.0174. The molecule has 0 radical (unpaired) electrons. The van der Waals surface area contributed by atoms with Crippen LogP contribution in [0.3, 0.4) is 0 Å². The van der Waals surface area contributed by atoms with Gasteiger partial charge < -0.3 is 5.11 Å². The lowest BCUT2D eigenvalue weighted by atomic mass is 9.65. The maximum atomic E-state index is 13.0. The Kier molecular flexibility index (Phi) is 2.74. The van der Waals surface area contributed by atoms with Gasteiger partial charge in [0.05, 0.1) is 6.61 Å². The van der Waals surface area contributed by atoms with Gasteiger partial charge in [-0.1, -0.05) is 30.7 Å². The van der Waals surface area contributed by atoms with E-state index in [-0.39, 0.29) is 17.6 Å². The average molecular weight is 226 g/mol. The number of rotatable bonds is 3. The first-order valence-electron chi connectivity index (χ1n) is 5.58. The van der Waals surface area contributed by atoms with Crippen molar-refractivity contribution >= 4 is 0 Å². The average Bonchev–Trinajstić information content (AvgIpc) is 2.16. The van der Waals surface area contributed by atoms with Gasteiger partial charge in [-0.05, 0) is 18.4 Å². The molecule has 3 heteroatoms. The molecule has 16 heavy (non-hydrogen) atoms. The summed E-state index contributed by atoms with van der Waals surface area (Å²) < 4.78 is 26.0. The van der Waals surface area contributed by atoms with Gasteiger partial charge in [0.15, 0.2) is 0 Å². The topological polar surface area (TPSA) is 20.2 Å². The highest BCUT2D eigenvalue weighted by Crippen LogP contribution is 2.43. The van der Waals surface area contributed by atoms with Crippen LogP contribution in [0.25, 0.3) is 0 Å². The molecule has 1 saturated carbocycles. The van der Waals surface area contributed by atoms with E-state index in [0.29, 0.717) is 0 Å². The Morgan fingerprint density at radius 3 is 2.12 bits per heavy atom. The predicted octanol–water partition coefficient (Wildman–Crippen LogP) is 3.21. The summed E-state index contributed by atoms with van der Waals surface area (Å²) in [6.45, 7) is 1.00. The van der Waals surface area contributed by atoms with E-state index in [9.17, 15) is 13.9 Å². The van der Waals surface area contributed by atoms with Crippen molar-refractivity contribution in [3.05, 3.63) is 35.4 Å². The number of halogens is 2. The molecular weight excluding hydrogens is 210 g/mol. The molecule has 0 bridgehead atoms. The molecule has 1 aliphatic carbocycles. The molecule has 88 valence electrons. The van der Waals surface area contributed by atoms with Crippen LogP contribution in [0.5, 0.6) is 0 Å². The Bertz CT molecular complexity index is 355. The number of aliphatic hydroxyl groups excluding tert-OH is 1. The second kappa shape index (κ2) is 3.81. The van der Waals surface area contributed by atoms with Crippen LogP contribution in [0.15, 0.2) is 24.3 Å². The zero-order valence-corrected chi connectivity index (χ0v) is 9.34. The van der Waals surface area contributed by atoms with Crippen molar-refractivity contribution in [2.24, 2.45) is 0 Å². The fourth-order valence-corrected chi connectivity index (χ4v) is 2.26. The van der Waals surface area contributed by atoms with Gasteiger partial charge in [0.2, 0.25) is 0 Å². The first-order valence-corrected chi connectivity index (χ1v) is 5.58. The second-order valence-corrected chi connectivity index (χ2v) is 4.76. The quantitative estimate of drug-likeness (QED) is 0.839. The molecule has 0 aliphatic heterocycles.